The zero-order valence-corrected chi connectivity index (χ0v) is 20.1. The predicted octanol–water partition coefficient (Wildman–Crippen LogP) is 3.90. The SMILES string of the molecule is O=C1NC(c2ccccc2)(c2ccccc2)C(=O)N1/N=C/c1cc2ccccc2nc1N1CCOCC1. The number of para-hydroxylation sites is 1. The molecular formula is C29H25N5O3. The molecule has 3 aromatic carbocycles. The number of hydrazone groups is 1. The third kappa shape index (κ3) is 4.01. The van der Waals surface area contributed by atoms with Gasteiger partial charge in [-0.25, -0.2) is 9.78 Å². The Morgan fingerprint density at radius 1 is 0.865 bits per heavy atom. The number of fused-ring (bicyclic) bond motifs is 1. The highest BCUT2D eigenvalue weighted by Crippen LogP contribution is 2.36. The first-order chi connectivity index (χ1) is 18.2. The molecule has 2 saturated heterocycles. The smallest absolute Gasteiger partial charge is 0.346 e. The molecule has 0 aliphatic carbocycles. The Bertz CT molecular complexity index is 1440. The van der Waals surface area contributed by atoms with Gasteiger partial charge in [-0.05, 0) is 23.3 Å². The van der Waals surface area contributed by atoms with E-state index >= 15 is 0 Å². The second-order valence-electron chi connectivity index (χ2n) is 8.97. The maximum atomic E-state index is 13.9. The molecule has 0 bridgehead atoms. The summed E-state index contributed by atoms with van der Waals surface area (Å²) >= 11 is 0. The van der Waals surface area contributed by atoms with Crippen LogP contribution < -0.4 is 10.2 Å². The van der Waals surface area contributed by atoms with Crippen molar-refractivity contribution in [3.05, 3.63) is 108 Å². The molecule has 2 aliphatic heterocycles. The van der Waals surface area contributed by atoms with E-state index in [9.17, 15) is 9.59 Å². The molecule has 6 rings (SSSR count). The molecule has 37 heavy (non-hydrogen) atoms. The number of urea groups is 1. The van der Waals surface area contributed by atoms with Gasteiger partial charge >= 0.3 is 6.03 Å². The highest BCUT2D eigenvalue weighted by atomic mass is 16.5. The van der Waals surface area contributed by atoms with E-state index in [4.69, 9.17) is 9.72 Å². The Morgan fingerprint density at radius 3 is 2.16 bits per heavy atom. The molecule has 3 amide bonds. The van der Waals surface area contributed by atoms with E-state index in [-0.39, 0.29) is 0 Å². The van der Waals surface area contributed by atoms with Gasteiger partial charge in [0.2, 0.25) is 0 Å². The van der Waals surface area contributed by atoms with Crippen molar-refractivity contribution in [2.24, 2.45) is 5.10 Å². The zero-order chi connectivity index (χ0) is 25.2. The molecule has 0 saturated carbocycles. The number of aromatic nitrogens is 1. The Kier molecular flexibility index (Phi) is 5.86. The van der Waals surface area contributed by atoms with Gasteiger partial charge in [0.15, 0.2) is 5.54 Å². The predicted molar refractivity (Wildman–Crippen MR) is 141 cm³/mol. The summed E-state index contributed by atoms with van der Waals surface area (Å²) in [7, 11) is 0. The maximum absolute atomic E-state index is 13.9. The number of nitrogens with zero attached hydrogens (tertiary/aromatic N) is 4. The van der Waals surface area contributed by atoms with Gasteiger partial charge in [0.05, 0.1) is 24.9 Å². The second-order valence-corrected chi connectivity index (χ2v) is 8.97. The van der Waals surface area contributed by atoms with Crippen LogP contribution in [0.3, 0.4) is 0 Å². The van der Waals surface area contributed by atoms with Gasteiger partial charge in [-0.2, -0.15) is 5.10 Å². The minimum absolute atomic E-state index is 0.465. The number of anilines is 1. The van der Waals surface area contributed by atoms with Crippen LogP contribution in [0.5, 0.6) is 0 Å². The first kappa shape index (κ1) is 22.9. The number of ether oxygens (including phenoxy) is 1. The average Bonchev–Trinajstić information content (AvgIpc) is 3.22. The largest absolute Gasteiger partial charge is 0.378 e. The van der Waals surface area contributed by atoms with Crippen molar-refractivity contribution < 1.29 is 14.3 Å². The van der Waals surface area contributed by atoms with Crippen molar-refractivity contribution in [1.29, 1.82) is 0 Å². The number of hydrogen-bond donors (Lipinski definition) is 1. The Hall–Kier alpha value is -4.56. The quantitative estimate of drug-likeness (QED) is 0.338. The van der Waals surface area contributed by atoms with E-state index < -0.39 is 17.5 Å². The highest BCUT2D eigenvalue weighted by molar-refractivity contribution is 6.10. The minimum Gasteiger partial charge on any atom is -0.378 e. The summed E-state index contributed by atoms with van der Waals surface area (Å²) < 4.78 is 5.52. The van der Waals surface area contributed by atoms with Crippen molar-refractivity contribution in [2.45, 2.75) is 5.54 Å². The normalized spacial score (nSPS) is 17.5. The average molecular weight is 492 g/mol. The van der Waals surface area contributed by atoms with Gasteiger partial charge in [0, 0.05) is 24.0 Å². The number of morpholine rings is 1. The number of hydrogen-bond acceptors (Lipinski definition) is 6. The lowest BCUT2D eigenvalue weighted by molar-refractivity contribution is -0.130. The fourth-order valence-corrected chi connectivity index (χ4v) is 4.92. The summed E-state index contributed by atoms with van der Waals surface area (Å²) in [6.07, 6.45) is 1.55. The van der Waals surface area contributed by atoms with Crippen LogP contribution in [0, 0.1) is 0 Å². The molecule has 8 heteroatoms. The molecule has 0 atom stereocenters. The lowest BCUT2D eigenvalue weighted by Gasteiger charge is -2.29. The lowest BCUT2D eigenvalue weighted by atomic mass is 9.83. The van der Waals surface area contributed by atoms with E-state index in [1.165, 1.54) is 0 Å². The number of amides is 3. The van der Waals surface area contributed by atoms with E-state index in [1.807, 2.05) is 91.0 Å². The van der Waals surface area contributed by atoms with E-state index in [0.29, 0.717) is 37.4 Å². The number of pyridine rings is 1. The second kappa shape index (κ2) is 9.48. The summed E-state index contributed by atoms with van der Waals surface area (Å²) in [5.74, 6) is 0.281. The Morgan fingerprint density at radius 2 is 1.49 bits per heavy atom. The molecule has 4 aromatic rings. The van der Waals surface area contributed by atoms with Crippen LogP contribution in [0.25, 0.3) is 10.9 Å². The van der Waals surface area contributed by atoms with Crippen LogP contribution in [0.4, 0.5) is 10.6 Å². The Balaban J connectivity index is 1.41. The van der Waals surface area contributed by atoms with Crippen LogP contribution in [0.15, 0.2) is 96.1 Å². The first-order valence-electron chi connectivity index (χ1n) is 12.2. The fourth-order valence-electron chi connectivity index (χ4n) is 4.92. The van der Waals surface area contributed by atoms with Crippen molar-refractivity contribution in [1.82, 2.24) is 15.3 Å². The molecule has 3 heterocycles. The number of nitrogens with one attached hydrogen (secondary N) is 1. The van der Waals surface area contributed by atoms with E-state index in [1.54, 1.807) is 6.21 Å². The van der Waals surface area contributed by atoms with Gasteiger partial charge in [-0.1, -0.05) is 78.9 Å². The van der Waals surface area contributed by atoms with Crippen molar-refractivity contribution in [3.63, 3.8) is 0 Å². The lowest BCUT2D eigenvalue weighted by Crippen LogP contribution is -2.44. The van der Waals surface area contributed by atoms with Crippen LogP contribution in [-0.2, 0) is 15.1 Å². The zero-order valence-electron chi connectivity index (χ0n) is 20.1. The molecule has 0 spiro atoms. The molecule has 0 unspecified atom stereocenters. The van der Waals surface area contributed by atoms with E-state index in [0.717, 1.165) is 27.3 Å². The molecule has 8 nitrogen and oxygen atoms in total. The topological polar surface area (TPSA) is 87.1 Å². The summed E-state index contributed by atoms with van der Waals surface area (Å²) in [6, 6.07) is 27.7. The molecular weight excluding hydrogens is 466 g/mol. The molecule has 2 aliphatic rings. The number of imide groups is 1. The van der Waals surface area contributed by atoms with Gasteiger partial charge in [0.1, 0.15) is 5.82 Å². The van der Waals surface area contributed by atoms with Crippen molar-refractivity contribution in [3.8, 4) is 0 Å². The van der Waals surface area contributed by atoms with Crippen molar-refractivity contribution >= 4 is 34.9 Å². The van der Waals surface area contributed by atoms with Crippen LogP contribution >= 0.6 is 0 Å². The summed E-state index contributed by atoms with van der Waals surface area (Å²) in [5, 5.41) is 9.20. The molecule has 2 fully saturated rings. The van der Waals surface area contributed by atoms with Gasteiger partial charge in [0.25, 0.3) is 5.91 Å². The summed E-state index contributed by atoms with van der Waals surface area (Å²) in [4.78, 5) is 34.2. The number of benzene rings is 3. The molecule has 184 valence electrons. The first-order valence-corrected chi connectivity index (χ1v) is 12.2. The molecule has 1 aromatic heterocycles. The molecule has 1 N–H and O–H groups in total. The van der Waals surface area contributed by atoms with Crippen molar-refractivity contribution in [2.75, 3.05) is 31.2 Å². The monoisotopic (exact) mass is 491 g/mol. The van der Waals surface area contributed by atoms with Crippen LogP contribution in [0.1, 0.15) is 16.7 Å². The highest BCUT2D eigenvalue weighted by Gasteiger charge is 2.54. The number of rotatable bonds is 5. The van der Waals surface area contributed by atoms with E-state index in [2.05, 4.69) is 15.3 Å². The van der Waals surface area contributed by atoms with Gasteiger partial charge in [-0.3, -0.25) is 4.79 Å². The fraction of sp³-hybridized carbons (Fsp3) is 0.172. The summed E-state index contributed by atoms with van der Waals surface area (Å²) in [6.45, 7) is 2.60. The van der Waals surface area contributed by atoms with Gasteiger partial charge < -0.3 is 15.0 Å². The van der Waals surface area contributed by atoms with Crippen LogP contribution in [0.2, 0.25) is 0 Å². The third-order valence-corrected chi connectivity index (χ3v) is 6.77. The third-order valence-electron chi connectivity index (χ3n) is 6.77. The van der Waals surface area contributed by atoms with Crippen LogP contribution in [-0.4, -0.2) is 54.4 Å². The minimum atomic E-state index is -1.37. The summed E-state index contributed by atoms with van der Waals surface area (Å²) in [5.41, 5.74) is 1.55. The number of carbonyl (C=O) groups is 2. The maximum Gasteiger partial charge on any atom is 0.346 e. The standard InChI is InChI=1S/C29H25N5O3/c35-27-29(23-10-3-1-4-11-23,24-12-5-2-6-13-24)32-28(36)34(27)30-20-22-19-21-9-7-8-14-25(21)31-26(22)33-15-17-37-18-16-33/h1-14,19-20H,15-18H2,(H,32,36)/b30-20+. The van der Waals surface area contributed by atoms with Gasteiger partial charge in [-0.15, -0.1) is 5.01 Å². The molecule has 0 radical (unpaired) electrons. The Labute approximate surface area is 214 Å². The number of carbonyl (C=O) groups excluding carboxylic acids is 2.